The molecule has 4 nitrogen and oxygen atoms in total. The Labute approximate surface area is 88.6 Å². The number of cyclic esters (lactones) is 1. The molecule has 1 aromatic carbocycles. The molecule has 1 heterocycles. The lowest BCUT2D eigenvalue weighted by atomic mass is 10.1. The van der Waals surface area contributed by atoms with Gasteiger partial charge < -0.3 is 10.5 Å². The molecule has 0 unspecified atom stereocenters. The lowest BCUT2D eigenvalue weighted by Gasteiger charge is -2.18. The number of hydrogen-bond acceptors (Lipinski definition) is 3. The van der Waals surface area contributed by atoms with Gasteiger partial charge in [0.2, 0.25) is 0 Å². The minimum absolute atomic E-state index is 0.282. The van der Waals surface area contributed by atoms with Crippen LogP contribution in [0, 0.1) is 6.92 Å². The maximum absolute atomic E-state index is 11.4. The second-order valence-electron chi connectivity index (χ2n) is 3.54. The molecule has 1 fully saturated rings. The van der Waals surface area contributed by atoms with Gasteiger partial charge in [-0.15, -0.1) is 0 Å². The van der Waals surface area contributed by atoms with Crippen LogP contribution in [-0.4, -0.2) is 19.2 Å². The molecule has 0 spiro atoms. The Hall–Kier alpha value is -1.55. The summed E-state index contributed by atoms with van der Waals surface area (Å²) in [5.74, 6) is 0. The lowest BCUT2D eigenvalue weighted by Crippen LogP contribution is -2.25. The molecule has 2 N–H and O–H groups in total. The number of carbonyl (C=O) groups excluding carboxylic acids is 1. The monoisotopic (exact) mass is 206 g/mol. The molecule has 1 aliphatic heterocycles. The van der Waals surface area contributed by atoms with Crippen LogP contribution in [0.5, 0.6) is 0 Å². The van der Waals surface area contributed by atoms with E-state index in [1.807, 2.05) is 25.1 Å². The van der Waals surface area contributed by atoms with Gasteiger partial charge in [0.05, 0.1) is 12.2 Å². The van der Waals surface area contributed by atoms with E-state index in [1.165, 1.54) is 0 Å². The summed E-state index contributed by atoms with van der Waals surface area (Å²) in [4.78, 5) is 13.1. The third-order valence-electron chi connectivity index (χ3n) is 2.64. The first kappa shape index (κ1) is 9.98. The smallest absolute Gasteiger partial charge is 0.414 e. The highest BCUT2D eigenvalue weighted by atomic mass is 16.6. The van der Waals surface area contributed by atoms with Gasteiger partial charge in [-0.1, -0.05) is 12.1 Å². The molecule has 0 aromatic heterocycles. The molecule has 0 radical (unpaired) electrons. The third-order valence-corrected chi connectivity index (χ3v) is 2.64. The molecule has 1 saturated heterocycles. The van der Waals surface area contributed by atoms with Crippen LogP contribution in [0.3, 0.4) is 0 Å². The normalized spacial score (nSPS) is 15.6. The van der Waals surface area contributed by atoms with Crippen LogP contribution >= 0.6 is 0 Å². The number of nitrogens with zero attached hydrogens (tertiary/aromatic N) is 1. The number of amides is 1. The fourth-order valence-corrected chi connectivity index (χ4v) is 1.82. The minimum atomic E-state index is -0.282. The van der Waals surface area contributed by atoms with E-state index in [4.69, 9.17) is 10.5 Å². The van der Waals surface area contributed by atoms with Crippen molar-refractivity contribution < 1.29 is 9.53 Å². The van der Waals surface area contributed by atoms with Crippen LogP contribution in [0.4, 0.5) is 10.5 Å². The van der Waals surface area contributed by atoms with E-state index >= 15 is 0 Å². The summed E-state index contributed by atoms with van der Waals surface area (Å²) in [6.45, 7) is 3.49. The molecular formula is C11H14N2O2. The first-order valence-electron chi connectivity index (χ1n) is 4.97. The number of benzene rings is 1. The van der Waals surface area contributed by atoms with E-state index in [0.717, 1.165) is 16.8 Å². The molecule has 0 bridgehead atoms. The molecule has 0 aliphatic carbocycles. The number of ether oxygens (including phenoxy) is 1. The van der Waals surface area contributed by atoms with Crippen LogP contribution in [0.1, 0.15) is 11.1 Å². The van der Waals surface area contributed by atoms with Gasteiger partial charge >= 0.3 is 6.09 Å². The van der Waals surface area contributed by atoms with Crippen molar-refractivity contribution in [2.75, 3.05) is 18.1 Å². The topological polar surface area (TPSA) is 55.6 Å². The molecule has 0 atom stereocenters. The number of anilines is 1. The van der Waals surface area contributed by atoms with Gasteiger partial charge in [-0.2, -0.15) is 0 Å². The summed E-state index contributed by atoms with van der Waals surface area (Å²) in [7, 11) is 0. The van der Waals surface area contributed by atoms with Gasteiger partial charge in [-0.3, -0.25) is 4.90 Å². The van der Waals surface area contributed by atoms with Crippen molar-refractivity contribution in [2.45, 2.75) is 13.5 Å². The van der Waals surface area contributed by atoms with Gasteiger partial charge in [0.25, 0.3) is 0 Å². The Bertz CT molecular complexity index is 390. The fourth-order valence-electron chi connectivity index (χ4n) is 1.82. The Kier molecular flexibility index (Phi) is 2.60. The first-order valence-corrected chi connectivity index (χ1v) is 4.97. The van der Waals surface area contributed by atoms with Crippen molar-refractivity contribution in [1.82, 2.24) is 0 Å². The van der Waals surface area contributed by atoms with Crippen molar-refractivity contribution in [3.05, 3.63) is 29.3 Å². The molecule has 1 aliphatic rings. The number of carbonyl (C=O) groups is 1. The molecule has 4 heteroatoms. The van der Waals surface area contributed by atoms with Crippen LogP contribution in [0.25, 0.3) is 0 Å². The molecule has 0 saturated carbocycles. The van der Waals surface area contributed by atoms with Crippen molar-refractivity contribution in [1.29, 1.82) is 0 Å². The van der Waals surface area contributed by atoms with Gasteiger partial charge in [0, 0.05) is 6.54 Å². The summed E-state index contributed by atoms with van der Waals surface area (Å²) in [6.07, 6.45) is -0.282. The molecule has 1 aromatic rings. The number of hydrogen-bond donors (Lipinski definition) is 1. The first-order chi connectivity index (χ1) is 7.24. The number of rotatable bonds is 2. The van der Waals surface area contributed by atoms with E-state index in [1.54, 1.807) is 4.90 Å². The Morgan fingerprint density at radius 3 is 2.93 bits per heavy atom. The van der Waals surface area contributed by atoms with Gasteiger partial charge in [0.1, 0.15) is 6.61 Å². The van der Waals surface area contributed by atoms with Crippen LogP contribution in [-0.2, 0) is 11.3 Å². The predicted octanol–water partition coefficient (Wildman–Crippen LogP) is 1.41. The fraction of sp³-hybridized carbons (Fsp3) is 0.364. The maximum Gasteiger partial charge on any atom is 0.414 e. The third kappa shape index (κ3) is 1.68. The zero-order chi connectivity index (χ0) is 10.8. The van der Waals surface area contributed by atoms with Crippen molar-refractivity contribution in [3.8, 4) is 0 Å². The van der Waals surface area contributed by atoms with Gasteiger partial charge in [-0.25, -0.2) is 4.79 Å². The standard InChI is InChI=1S/C11H14N2O2/c1-8-3-2-4-10(9(8)7-12)13-5-6-15-11(13)14/h2-4H,5-7,12H2,1H3. The van der Waals surface area contributed by atoms with E-state index in [9.17, 15) is 4.79 Å². The summed E-state index contributed by atoms with van der Waals surface area (Å²) >= 11 is 0. The highest BCUT2D eigenvalue weighted by Gasteiger charge is 2.25. The van der Waals surface area contributed by atoms with E-state index in [2.05, 4.69) is 0 Å². The largest absolute Gasteiger partial charge is 0.447 e. The number of aryl methyl sites for hydroxylation is 1. The quantitative estimate of drug-likeness (QED) is 0.796. The summed E-state index contributed by atoms with van der Waals surface area (Å²) in [6, 6.07) is 5.82. The highest BCUT2D eigenvalue weighted by Crippen LogP contribution is 2.25. The van der Waals surface area contributed by atoms with Crippen molar-refractivity contribution in [2.24, 2.45) is 5.73 Å². The van der Waals surface area contributed by atoms with E-state index < -0.39 is 0 Å². The van der Waals surface area contributed by atoms with Crippen molar-refractivity contribution in [3.63, 3.8) is 0 Å². The summed E-state index contributed by atoms with van der Waals surface area (Å²) < 4.78 is 4.91. The van der Waals surface area contributed by atoms with Crippen LogP contribution in [0.15, 0.2) is 18.2 Å². The maximum atomic E-state index is 11.4. The second-order valence-corrected chi connectivity index (χ2v) is 3.54. The molecule has 80 valence electrons. The highest BCUT2D eigenvalue weighted by molar-refractivity contribution is 5.90. The minimum Gasteiger partial charge on any atom is -0.447 e. The molecule has 15 heavy (non-hydrogen) atoms. The number of nitrogens with two attached hydrogens (primary N) is 1. The predicted molar refractivity (Wildman–Crippen MR) is 57.8 cm³/mol. The zero-order valence-electron chi connectivity index (χ0n) is 8.69. The Morgan fingerprint density at radius 2 is 2.33 bits per heavy atom. The van der Waals surface area contributed by atoms with E-state index in [-0.39, 0.29) is 6.09 Å². The Morgan fingerprint density at radius 1 is 1.53 bits per heavy atom. The van der Waals surface area contributed by atoms with Crippen LogP contribution in [0.2, 0.25) is 0 Å². The Balaban J connectivity index is 2.42. The SMILES string of the molecule is Cc1cccc(N2CCOC2=O)c1CN. The average Bonchev–Trinajstić information content (AvgIpc) is 2.64. The molecule has 2 rings (SSSR count). The zero-order valence-corrected chi connectivity index (χ0v) is 8.69. The van der Waals surface area contributed by atoms with Gasteiger partial charge in [-0.05, 0) is 24.1 Å². The summed E-state index contributed by atoms with van der Waals surface area (Å²) in [5.41, 5.74) is 8.68. The van der Waals surface area contributed by atoms with Gasteiger partial charge in [0.15, 0.2) is 0 Å². The second kappa shape index (κ2) is 3.90. The average molecular weight is 206 g/mol. The summed E-state index contributed by atoms with van der Waals surface area (Å²) in [5, 5.41) is 0. The molecule has 1 amide bonds. The lowest BCUT2D eigenvalue weighted by molar-refractivity contribution is 0.181. The molecular weight excluding hydrogens is 192 g/mol. The van der Waals surface area contributed by atoms with E-state index in [0.29, 0.717) is 19.7 Å². The van der Waals surface area contributed by atoms with Crippen molar-refractivity contribution >= 4 is 11.8 Å². The van der Waals surface area contributed by atoms with Crippen LogP contribution < -0.4 is 10.6 Å².